The summed E-state index contributed by atoms with van der Waals surface area (Å²) < 4.78 is 5.76. The molecule has 6 nitrogen and oxygen atoms in total. The highest BCUT2D eigenvalue weighted by Crippen LogP contribution is 2.35. The Morgan fingerprint density at radius 2 is 1.90 bits per heavy atom. The first kappa shape index (κ1) is 12.9. The summed E-state index contributed by atoms with van der Waals surface area (Å²) in [6, 6.07) is 13.3. The average molecular weight is 283 g/mol. The molecule has 0 unspecified atom stereocenters. The molecule has 0 bridgehead atoms. The van der Waals surface area contributed by atoms with Crippen molar-refractivity contribution in [2.45, 2.75) is 0 Å². The summed E-state index contributed by atoms with van der Waals surface area (Å²) in [5.41, 5.74) is 5.66. The smallest absolute Gasteiger partial charge is 0.277 e. The van der Waals surface area contributed by atoms with Crippen molar-refractivity contribution >= 4 is 22.3 Å². The molecule has 2 N–H and O–H groups in total. The first-order valence-corrected chi connectivity index (χ1v) is 6.20. The number of pyridine rings is 1. The van der Waals surface area contributed by atoms with Gasteiger partial charge in [0.2, 0.25) is 0 Å². The Morgan fingerprint density at radius 1 is 1.14 bits per heavy atom. The van der Waals surface area contributed by atoms with Crippen molar-refractivity contribution in [3.8, 4) is 11.5 Å². The van der Waals surface area contributed by atoms with Gasteiger partial charge in [0.1, 0.15) is 17.3 Å². The minimum Gasteiger partial charge on any atom is -0.457 e. The molecule has 2 aromatic carbocycles. The third-order valence-electron chi connectivity index (χ3n) is 3.04. The van der Waals surface area contributed by atoms with Gasteiger partial charge in [-0.3, -0.25) is 10.1 Å². The van der Waals surface area contributed by atoms with Gasteiger partial charge in [0.05, 0.1) is 10.3 Å². The lowest BCUT2D eigenvalue weighted by Gasteiger charge is -2.09. The molecule has 0 spiro atoms. The lowest BCUT2D eigenvalue weighted by Crippen LogP contribution is -1.93. The fourth-order valence-corrected chi connectivity index (χ4v) is 2.12. The lowest BCUT2D eigenvalue weighted by atomic mass is 10.1. The zero-order valence-electron chi connectivity index (χ0n) is 10.9. The van der Waals surface area contributed by atoms with Crippen LogP contribution in [0.4, 0.5) is 11.5 Å². The molecule has 1 aromatic heterocycles. The van der Waals surface area contributed by atoms with Crippen molar-refractivity contribution in [3.63, 3.8) is 0 Å². The van der Waals surface area contributed by atoms with Crippen LogP contribution in [-0.2, 0) is 0 Å². The van der Waals surface area contributed by atoms with Gasteiger partial charge >= 0.3 is 0 Å². The number of hydrogen-bond donors (Lipinski definition) is 1. The number of nitro groups is 1. The zero-order chi connectivity index (χ0) is 14.8. The van der Waals surface area contributed by atoms with Crippen molar-refractivity contribution in [1.82, 2.24) is 4.98 Å². The number of rotatable bonds is 3. The molecule has 21 heavy (non-hydrogen) atoms. The van der Waals surface area contributed by atoms with E-state index in [1.807, 2.05) is 0 Å². The molecule has 0 saturated heterocycles. The van der Waals surface area contributed by atoms with Gasteiger partial charge in [-0.2, -0.15) is 0 Å². The number of aromatic nitrogens is 1. The van der Waals surface area contributed by atoms with Crippen molar-refractivity contribution in [2.24, 2.45) is 0 Å². The summed E-state index contributed by atoms with van der Waals surface area (Å²) in [6.07, 6.45) is 1.54. The highest BCUT2D eigenvalue weighted by atomic mass is 16.6. The van der Waals surface area contributed by atoms with E-state index in [1.165, 1.54) is 12.3 Å². The van der Waals surface area contributed by atoms with E-state index in [0.717, 1.165) is 0 Å². The molecule has 3 aromatic rings. The molecule has 0 atom stereocenters. The van der Waals surface area contributed by atoms with Crippen LogP contribution in [0.3, 0.4) is 0 Å². The average Bonchev–Trinajstić information content (AvgIpc) is 2.47. The van der Waals surface area contributed by atoms with E-state index in [4.69, 9.17) is 10.5 Å². The van der Waals surface area contributed by atoms with Crippen LogP contribution in [0.15, 0.2) is 54.7 Å². The maximum Gasteiger partial charge on any atom is 0.277 e. The molecule has 3 rings (SSSR count). The molecule has 1 heterocycles. The predicted octanol–water partition coefficient (Wildman–Crippen LogP) is 3.76. The Kier molecular flexibility index (Phi) is 3.12. The molecule has 0 amide bonds. The Labute approximate surface area is 121 Å². The third kappa shape index (κ3) is 2.46. The molecular formula is C15H13N3O3. The quantitative estimate of drug-likeness (QED) is 0.583. The number of nitrogen functional groups attached to an aromatic ring is 1. The van der Waals surface area contributed by atoms with E-state index < -0.39 is 4.92 Å². The highest BCUT2D eigenvalue weighted by molar-refractivity contribution is 5.95. The van der Waals surface area contributed by atoms with Gasteiger partial charge in [-0.1, -0.05) is 18.2 Å². The minimum atomic E-state index is -0.406. The van der Waals surface area contributed by atoms with E-state index in [9.17, 15) is 10.1 Å². The Hall–Kier alpha value is -3.15. The fraction of sp³-hybridized carbons (Fsp3) is 0. The summed E-state index contributed by atoms with van der Waals surface area (Å²) in [6.45, 7) is 0. The maximum atomic E-state index is 11.1. The normalized spacial score (nSPS) is 10.5. The van der Waals surface area contributed by atoms with E-state index in [0.29, 0.717) is 28.1 Å². The Bertz CT molecular complexity index is 839. The fourth-order valence-electron chi connectivity index (χ4n) is 2.12. The van der Waals surface area contributed by atoms with Crippen molar-refractivity contribution in [3.05, 3.63) is 64.8 Å². The van der Waals surface area contributed by atoms with Crippen LogP contribution in [0.5, 0.6) is 11.5 Å². The number of benzene rings is 2. The van der Waals surface area contributed by atoms with Crippen LogP contribution in [-0.4, -0.2) is 9.91 Å². The SMILES string of the molecule is Nc1cc(Oc2ccc([N+](=O)[O-])c3ccccc23)ccn1.[HH]. The van der Waals surface area contributed by atoms with Crippen LogP contribution in [0.2, 0.25) is 0 Å². The van der Waals surface area contributed by atoms with Gasteiger partial charge in [-0.05, 0) is 18.2 Å². The molecule has 106 valence electrons. The molecular weight excluding hydrogens is 270 g/mol. The molecule has 0 aliphatic heterocycles. The van der Waals surface area contributed by atoms with Crippen LogP contribution >= 0.6 is 0 Å². The second-order valence-corrected chi connectivity index (χ2v) is 4.40. The first-order chi connectivity index (χ1) is 10.1. The van der Waals surface area contributed by atoms with E-state index >= 15 is 0 Å². The standard InChI is InChI=1S/C15H11N3O3.H2/c16-15-9-10(7-8-17-15)21-14-6-5-13(18(19)20)11-3-1-2-4-12(11)14;/h1-9H,(H2,16,17);1H. The number of non-ortho nitro benzene ring substituents is 1. The Balaban J connectivity index is 0.00000176. The second kappa shape index (κ2) is 5.09. The number of fused-ring (bicyclic) bond motifs is 1. The maximum absolute atomic E-state index is 11.1. The number of hydrogen-bond acceptors (Lipinski definition) is 5. The monoisotopic (exact) mass is 283 g/mol. The van der Waals surface area contributed by atoms with Gasteiger partial charge in [-0.25, -0.2) is 4.98 Å². The number of nitrogens with zero attached hydrogens (tertiary/aromatic N) is 2. The molecule has 0 aliphatic rings. The molecule has 0 radical (unpaired) electrons. The topological polar surface area (TPSA) is 91.3 Å². The Morgan fingerprint density at radius 3 is 2.62 bits per heavy atom. The summed E-state index contributed by atoms with van der Waals surface area (Å²) in [5.74, 6) is 1.40. The second-order valence-electron chi connectivity index (χ2n) is 4.40. The van der Waals surface area contributed by atoms with Crippen LogP contribution in [0.25, 0.3) is 10.8 Å². The first-order valence-electron chi connectivity index (χ1n) is 6.20. The summed E-state index contributed by atoms with van der Waals surface area (Å²) in [5, 5.41) is 12.3. The van der Waals surface area contributed by atoms with Crippen LogP contribution in [0, 0.1) is 10.1 Å². The van der Waals surface area contributed by atoms with Crippen LogP contribution in [0.1, 0.15) is 1.43 Å². The predicted molar refractivity (Wildman–Crippen MR) is 81.4 cm³/mol. The minimum absolute atomic E-state index is 0. The molecule has 6 heteroatoms. The molecule has 0 aliphatic carbocycles. The number of ether oxygens (including phenoxy) is 1. The van der Waals surface area contributed by atoms with E-state index in [1.54, 1.807) is 42.5 Å². The van der Waals surface area contributed by atoms with Crippen molar-refractivity contribution < 1.29 is 11.1 Å². The van der Waals surface area contributed by atoms with Gasteiger partial charge < -0.3 is 10.5 Å². The summed E-state index contributed by atoms with van der Waals surface area (Å²) >= 11 is 0. The lowest BCUT2D eigenvalue weighted by molar-refractivity contribution is -0.383. The molecule has 0 saturated carbocycles. The van der Waals surface area contributed by atoms with Gasteiger partial charge in [0.15, 0.2) is 0 Å². The summed E-state index contributed by atoms with van der Waals surface area (Å²) in [7, 11) is 0. The number of anilines is 1. The largest absolute Gasteiger partial charge is 0.457 e. The van der Waals surface area contributed by atoms with E-state index in [2.05, 4.69) is 4.98 Å². The van der Waals surface area contributed by atoms with Gasteiger partial charge in [0.25, 0.3) is 5.69 Å². The highest BCUT2D eigenvalue weighted by Gasteiger charge is 2.14. The molecule has 0 fully saturated rings. The van der Waals surface area contributed by atoms with Crippen LogP contribution < -0.4 is 10.5 Å². The third-order valence-corrected chi connectivity index (χ3v) is 3.04. The van der Waals surface area contributed by atoms with Gasteiger partial charge in [0, 0.05) is 25.1 Å². The van der Waals surface area contributed by atoms with Crippen molar-refractivity contribution in [1.29, 1.82) is 0 Å². The van der Waals surface area contributed by atoms with Crippen molar-refractivity contribution in [2.75, 3.05) is 5.73 Å². The summed E-state index contributed by atoms with van der Waals surface area (Å²) in [4.78, 5) is 14.6. The zero-order valence-corrected chi connectivity index (χ0v) is 10.9. The van der Waals surface area contributed by atoms with E-state index in [-0.39, 0.29) is 7.11 Å². The number of nitrogens with two attached hydrogens (primary N) is 1. The van der Waals surface area contributed by atoms with Gasteiger partial charge in [-0.15, -0.1) is 0 Å². The number of nitro benzene ring substituents is 1.